The SMILES string of the molecule is CCOc1cc(C(=O)O[C@@H]2O[C@@H]3O[C@@]4(C)CC[C@@H]5[C@H](C)CC[C@H]([C@H]2C)[C@@]35OO4)cc(OCC)c1OCC. The Kier molecular flexibility index (Phi) is 7.35. The van der Waals surface area contributed by atoms with Crippen molar-refractivity contribution in [2.45, 2.75) is 91.2 Å². The zero-order valence-electron chi connectivity index (χ0n) is 22.7. The van der Waals surface area contributed by atoms with Crippen LogP contribution in [-0.4, -0.2) is 49.8 Å². The summed E-state index contributed by atoms with van der Waals surface area (Å²) >= 11 is 0. The highest BCUT2D eigenvalue weighted by Gasteiger charge is 2.69. The molecule has 1 saturated carbocycles. The average Bonchev–Trinajstić information content (AvgIpc) is 3.10. The quantitative estimate of drug-likeness (QED) is 0.337. The Morgan fingerprint density at radius 1 is 0.946 bits per heavy atom. The van der Waals surface area contributed by atoms with Gasteiger partial charge in [-0.15, -0.1) is 0 Å². The smallest absolute Gasteiger partial charge is 0.340 e. The van der Waals surface area contributed by atoms with Crippen LogP contribution >= 0.6 is 0 Å². The second-order valence-corrected chi connectivity index (χ2v) is 10.8. The molecule has 0 N–H and O–H groups in total. The summed E-state index contributed by atoms with van der Waals surface area (Å²) < 4.78 is 36.1. The number of esters is 1. The third-order valence-corrected chi connectivity index (χ3v) is 8.47. The zero-order valence-corrected chi connectivity index (χ0v) is 22.7. The van der Waals surface area contributed by atoms with Gasteiger partial charge in [0.2, 0.25) is 17.8 Å². The van der Waals surface area contributed by atoms with Crippen molar-refractivity contribution >= 4 is 5.97 Å². The first-order valence-electron chi connectivity index (χ1n) is 13.7. The molecule has 4 saturated heterocycles. The van der Waals surface area contributed by atoms with E-state index in [0.29, 0.717) is 48.6 Å². The molecule has 9 nitrogen and oxygen atoms in total. The summed E-state index contributed by atoms with van der Waals surface area (Å²) in [6.07, 6.45) is 2.18. The first-order valence-corrected chi connectivity index (χ1v) is 13.7. The fourth-order valence-corrected chi connectivity index (χ4v) is 6.69. The second kappa shape index (κ2) is 10.2. The Bertz CT molecular complexity index is 971. The number of benzene rings is 1. The maximum atomic E-state index is 13.5. The molecule has 0 amide bonds. The summed E-state index contributed by atoms with van der Waals surface area (Å²) in [5.41, 5.74) is -0.407. The lowest BCUT2D eigenvalue weighted by Crippen LogP contribution is -2.70. The fraction of sp³-hybridized carbons (Fsp3) is 0.750. The van der Waals surface area contributed by atoms with E-state index in [0.717, 1.165) is 25.7 Å². The van der Waals surface area contributed by atoms with E-state index in [4.69, 9.17) is 38.2 Å². The number of rotatable bonds is 8. The van der Waals surface area contributed by atoms with E-state index < -0.39 is 29.9 Å². The van der Waals surface area contributed by atoms with E-state index in [9.17, 15) is 4.79 Å². The predicted molar refractivity (Wildman–Crippen MR) is 132 cm³/mol. The van der Waals surface area contributed by atoms with Gasteiger partial charge in [0.05, 0.1) is 25.4 Å². The molecule has 1 spiro atoms. The fourth-order valence-electron chi connectivity index (χ4n) is 6.69. The van der Waals surface area contributed by atoms with Crippen molar-refractivity contribution in [2.24, 2.45) is 23.7 Å². The van der Waals surface area contributed by atoms with Crippen LogP contribution in [0.4, 0.5) is 0 Å². The third-order valence-electron chi connectivity index (χ3n) is 8.47. The number of ether oxygens (including phenoxy) is 6. The van der Waals surface area contributed by atoms with E-state index >= 15 is 0 Å². The minimum absolute atomic E-state index is 0.0613. The molecule has 8 atom stereocenters. The largest absolute Gasteiger partial charge is 0.490 e. The van der Waals surface area contributed by atoms with Crippen LogP contribution in [0.25, 0.3) is 0 Å². The van der Waals surface area contributed by atoms with E-state index in [-0.39, 0.29) is 17.8 Å². The van der Waals surface area contributed by atoms with Gasteiger partial charge in [-0.2, -0.15) is 0 Å². The lowest BCUT2D eigenvalue weighted by atomic mass is 9.58. The number of carbonyl (C=O) groups excluding carboxylic acids is 1. The molecule has 206 valence electrons. The Morgan fingerprint density at radius 3 is 2.27 bits per heavy atom. The standard InChI is InChI=1S/C28H40O9/c1-7-30-21-14-18(15-22(31-8-2)23(21)32-9-3)24(29)33-25-17(5)20-11-10-16(4)19-12-13-27(6)35-26(34-25)28(19,20)37-36-27/h14-17,19-20,25-26H,7-13H2,1-6H3/t16-,17-,19-,20-,25-,26-,27-,28-/m1/s1. The van der Waals surface area contributed by atoms with E-state index in [1.807, 2.05) is 27.7 Å². The summed E-state index contributed by atoms with van der Waals surface area (Å²) in [7, 11) is 0. The topological polar surface area (TPSA) is 90.9 Å². The van der Waals surface area contributed by atoms with Crippen LogP contribution in [0, 0.1) is 23.7 Å². The van der Waals surface area contributed by atoms with E-state index in [1.54, 1.807) is 12.1 Å². The van der Waals surface area contributed by atoms with Gasteiger partial charge in [0.15, 0.2) is 23.4 Å². The minimum Gasteiger partial charge on any atom is -0.490 e. The summed E-state index contributed by atoms with van der Waals surface area (Å²) in [5, 5.41) is 0. The molecule has 1 aromatic rings. The van der Waals surface area contributed by atoms with Gasteiger partial charge in [-0.05, 0) is 70.9 Å². The summed E-state index contributed by atoms with van der Waals surface area (Å²) in [6, 6.07) is 3.27. The molecule has 4 heterocycles. The lowest BCUT2D eigenvalue weighted by Gasteiger charge is -2.59. The molecule has 1 aromatic carbocycles. The number of carbonyl (C=O) groups is 1. The minimum atomic E-state index is -0.888. The zero-order chi connectivity index (χ0) is 26.4. The van der Waals surface area contributed by atoms with Crippen molar-refractivity contribution < 1.29 is 43.0 Å². The Labute approximate surface area is 218 Å². The lowest BCUT2D eigenvalue weighted by molar-refractivity contribution is -0.576. The Balaban J connectivity index is 1.43. The molecule has 9 heteroatoms. The Morgan fingerprint density at radius 2 is 1.62 bits per heavy atom. The monoisotopic (exact) mass is 520 g/mol. The van der Waals surface area contributed by atoms with Crippen molar-refractivity contribution in [3.05, 3.63) is 17.7 Å². The van der Waals surface area contributed by atoms with Crippen LogP contribution in [0.15, 0.2) is 12.1 Å². The van der Waals surface area contributed by atoms with Gasteiger partial charge in [-0.25, -0.2) is 14.6 Å². The first kappa shape index (κ1) is 26.5. The van der Waals surface area contributed by atoms with Crippen LogP contribution < -0.4 is 14.2 Å². The highest BCUT2D eigenvalue weighted by Crippen LogP contribution is 2.60. The van der Waals surface area contributed by atoms with Gasteiger partial charge in [-0.3, -0.25) is 0 Å². The molecular formula is C28H40O9. The molecular weight excluding hydrogens is 480 g/mol. The molecule has 37 heavy (non-hydrogen) atoms. The number of hydrogen-bond donors (Lipinski definition) is 0. The van der Waals surface area contributed by atoms with Gasteiger partial charge in [0.1, 0.15) is 0 Å². The molecule has 6 rings (SSSR count). The summed E-state index contributed by atoms with van der Waals surface area (Å²) in [6.45, 7) is 13.1. The molecule has 0 unspecified atom stereocenters. The maximum Gasteiger partial charge on any atom is 0.340 e. The van der Waals surface area contributed by atoms with Crippen LogP contribution in [-0.2, 0) is 24.0 Å². The van der Waals surface area contributed by atoms with Crippen molar-refractivity contribution in [1.29, 1.82) is 0 Å². The highest BCUT2D eigenvalue weighted by molar-refractivity contribution is 5.91. The van der Waals surface area contributed by atoms with Crippen LogP contribution in [0.5, 0.6) is 17.2 Å². The normalized spacial score (nSPS) is 38.3. The van der Waals surface area contributed by atoms with Crippen LogP contribution in [0.1, 0.15) is 77.6 Å². The Hall–Kier alpha value is -2.07. The highest BCUT2D eigenvalue weighted by atomic mass is 17.3. The second-order valence-electron chi connectivity index (χ2n) is 10.8. The number of fused-ring (bicyclic) bond motifs is 2. The van der Waals surface area contributed by atoms with Crippen molar-refractivity contribution in [1.82, 2.24) is 0 Å². The average molecular weight is 521 g/mol. The van der Waals surface area contributed by atoms with Crippen molar-refractivity contribution in [2.75, 3.05) is 19.8 Å². The van der Waals surface area contributed by atoms with E-state index in [2.05, 4.69) is 13.8 Å². The van der Waals surface area contributed by atoms with Crippen LogP contribution in [0.3, 0.4) is 0 Å². The predicted octanol–water partition coefficient (Wildman–Crippen LogP) is 5.25. The van der Waals surface area contributed by atoms with Crippen molar-refractivity contribution in [3.63, 3.8) is 0 Å². The van der Waals surface area contributed by atoms with E-state index in [1.165, 1.54) is 0 Å². The van der Waals surface area contributed by atoms with Gasteiger partial charge in [0.25, 0.3) is 0 Å². The molecule has 5 fully saturated rings. The first-order chi connectivity index (χ1) is 17.8. The third kappa shape index (κ3) is 4.47. The van der Waals surface area contributed by atoms with Crippen molar-refractivity contribution in [3.8, 4) is 17.2 Å². The summed E-state index contributed by atoms with van der Waals surface area (Å²) in [5.74, 6) is 0.573. The molecule has 1 aliphatic carbocycles. The molecule has 5 aliphatic rings. The van der Waals surface area contributed by atoms with Gasteiger partial charge >= 0.3 is 5.97 Å². The molecule has 0 radical (unpaired) electrons. The summed E-state index contributed by atoms with van der Waals surface area (Å²) in [4.78, 5) is 25.5. The maximum absolute atomic E-state index is 13.5. The van der Waals surface area contributed by atoms with Gasteiger partial charge in [-0.1, -0.05) is 13.8 Å². The van der Waals surface area contributed by atoms with Crippen LogP contribution in [0.2, 0.25) is 0 Å². The molecule has 4 aliphatic heterocycles. The number of hydrogen-bond acceptors (Lipinski definition) is 9. The molecule has 2 bridgehead atoms. The molecule has 0 aromatic heterocycles. The van der Waals surface area contributed by atoms with Gasteiger partial charge in [0, 0.05) is 18.3 Å². The van der Waals surface area contributed by atoms with Gasteiger partial charge < -0.3 is 28.4 Å².